The van der Waals surface area contributed by atoms with E-state index in [9.17, 15) is 9.59 Å². The van der Waals surface area contributed by atoms with Gasteiger partial charge in [-0.25, -0.2) is 4.79 Å². The van der Waals surface area contributed by atoms with Crippen LogP contribution >= 0.6 is 15.9 Å². The van der Waals surface area contributed by atoms with Crippen molar-refractivity contribution in [3.63, 3.8) is 0 Å². The van der Waals surface area contributed by atoms with Gasteiger partial charge >= 0.3 is 6.03 Å². The summed E-state index contributed by atoms with van der Waals surface area (Å²) in [5.41, 5.74) is 2.23. The van der Waals surface area contributed by atoms with Gasteiger partial charge in [0.15, 0.2) is 5.78 Å². The van der Waals surface area contributed by atoms with E-state index >= 15 is 0 Å². The summed E-state index contributed by atoms with van der Waals surface area (Å²) in [6.07, 6.45) is 4.87. The predicted molar refractivity (Wildman–Crippen MR) is 108 cm³/mol. The third-order valence-corrected chi connectivity index (χ3v) is 4.79. The number of benzene rings is 2. The zero-order valence-electron chi connectivity index (χ0n) is 15.0. The number of carbonyl (C=O) groups excluding carboxylic acids is 2. The fourth-order valence-electron chi connectivity index (χ4n) is 2.75. The number of ketones is 1. The average Bonchev–Trinajstić information content (AvgIpc) is 2.69. The van der Waals surface area contributed by atoms with Crippen molar-refractivity contribution >= 4 is 33.8 Å². The molecule has 27 heavy (non-hydrogen) atoms. The van der Waals surface area contributed by atoms with Crippen molar-refractivity contribution in [1.29, 1.82) is 0 Å². The van der Waals surface area contributed by atoms with Crippen molar-refractivity contribution in [2.45, 2.75) is 6.04 Å². The first kappa shape index (κ1) is 18.9. The van der Waals surface area contributed by atoms with E-state index in [0.29, 0.717) is 11.3 Å². The molecule has 5 nitrogen and oxygen atoms in total. The maximum absolute atomic E-state index is 12.8. The summed E-state index contributed by atoms with van der Waals surface area (Å²) in [5, 5.41) is 2.87. The molecule has 0 radical (unpaired) electrons. The number of urea groups is 1. The van der Waals surface area contributed by atoms with Gasteiger partial charge in [0.25, 0.3) is 0 Å². The molecule has 138 valence electrons. The minimum Gasteiger partial charge on any atom is -0.497 e. The quantitative estimate of drug-likeness (QED) is 0.724. The lowest BCUT2D eigenvalue weighted by Gasteiger charge is -2.29. The number of allylic oxidation sites excluding steroid dienone is 1. The van der Waals surface area contributed by atoms with Crippen LogP contribution in [0.15, 0.2) is 70.9 Å². The molecule has 0 bridgehead atoms. The number of hydrogen-bond donors (Lipinski definition) is 1. The lowest BCUT2D eigenvalue weighted by atomic mass is 9.94. The van der Waals surface area contributed by atoms with Gasteiger partial charge in [0.05, 0.1) is 13.2 Å². The standard InChI is InChI=1S/C21H19BrN2O3/c1-24-13-18(19(25)12-5-14-3-8-16(22)9-4-14)20(23-21(24)26)15-6-10-17(27-2)11-7-15/h3-13,20H,1-2H3,(H,23,26)/b12-5+. The molecule has 1 N–H and O–H groups in total. The first-order chi connectivity index (χ1) is 13.0. The Morgan fingerprint density at radius 2 is 1.81 bits per heavy atom. The molecule has 3 rings (SSSR count). The Hall–Kier alpha value is -2.86. The molecule has 6 heteroatoms. The van der Waals surface area contributed by atoms with Crippen LogP contribution in [0.25, 0.3) is 6.08 Å². The highest BCUT2D eigenvalue weighted by molar-refractivity contribution is 9.10. The summed E-state index contributed by atoms with van der Waals surface area (Å²) >= 11 is 3.39. The van der Waals surface area contributed by atoms with Gasteiger partial charge in [0.1, 0.15) is 5.75 Å². The second-order valence-electron chi connectivity index (χ2n) is 6.10. The summed E-state index contributed by atoms with van der Waals surface area (Å²) in [6.45, 7) is 0. The smallest absolute Gasteiger partial charge is 0.321 e. The van der Waals surface area contributed by atoms with Crippen molar-refractivity contribution in [1.82, 2.24) is 10.2 Å². The minimum absolute atomic E-state index is 0.161. The molecule has 0 aliphatic carbocycles. The van der Waals surface area contributed by atoms with Gasteiger partial charge in [-0.1, -0.05) is 46.3 Å². The van der Waals surface area contributed by atoms with Crippen LogP contribution in [-0.4, -0.2) is 30.9 Å². The van der Waals surface area contributed by atoms with Crippen LogP contribution in [0.5, 0.6) is 5.75 Å². The van der Waals surface area contributed by atoms with E-state index in [1.165, 1.54) is 11.0 Å². The average molecular weight is 427 g/mol. The third-order valence-electron chi connectivity index (χ3n) is 4.26. The summed E-state index contributed by atoms with van der Waals surface area (Å²) in [6, 6.07) is 14.2. The van der Waals surface area contributed by atoms with E-state index in [-0.39, 0.29) is 11.8 Å². The summed E-state index contributed by atoms with van der Waals surface area (Å²) in [5.74, 6) is 0.551. The molecule has 1 unspecified atom stereocenters. The number of ether oxygens (including phenoxy) is 1. The Balaban J connectivity index is 1.88. The van der Waals surface area contributed by atoms with Gasteiger partial charge in [0, 0.05) is 23.3 Å². The molecule has 2 aromatic rings. The van der Waals surface area contributed by atoms with Crippen molar-refractivity contribution in [3.8, 4) is 5.75 Å². The molecule has 1 aliphatic rings. The van der Waals surface area contributed by atoms with Crippen LogP contribution in [0.4, 0.5) is 4.79 Å². The molecule has 0 aromatic heterocycles. The Bertz CT molecular complexity index is 902. The van der Waals surface area contributed by atoms with Crippen LogP contribution in [0.1, 0.15) is 17.2 Å². The van der Waals surface area contributed by atoms with Crippen LogP contribution in [0.2, 0.25) is 0 Å². The Morgan fingerprint density at radius 1 is 1.15 bits per heavy atom. The summed E-state index contributed by atoms with van der Waals surface area (Å²) < 4.78 is 6.15. The highest BCUT2D eigenvalue weighted by atomic mass is 79.9. The Labute approximate surface area is 166 Å². The van der Waals surface area contributed by atoms with Crippen molar-refractivity contribution < 1.29 is 14.3 Å². The van der Waals surface area contributed by atoms with E-state index in [1.54, 1.807) is 38.6 Å². The highest BCUT2D eigenvalue weighted by Gasteiger charge is 2.29. The van der Waals surface area contributed by atoms with Gasteiger partial charge < -0.3 is 15.0 Å². The third kappa shape index (κ3) is 4.46. The highest BCUT2D eigenvalue weighted by Crippen LogP contribution is 2.28. The predicted octanol–water partition coefficient (Wildman–Crippen LogP) is 4.32. The van der Waals surface area contributed by atoms with Crippen LogP contribution in [0, 0.1) is 0 Å². The lowest BCUT2D eigenvalue weighted by Crippen LogP contribution is -2.43. The number of methoxy groups -OCH3 is 1. The summed E-state index contributed by atoms with van der Waals surface area (Å²) in [7, 11) is 3.21. The van der Waals surface area contributed by atoms with Gasteiger partial charge in [-0.2, -0.15) is 0 Å². The van der Waals surface area contributed by atoms with Crippen LogP contribution in [0.3, 0.4) is 0 Å². The van der Waals surface area contributed by atoms with Crippen molar-refractivity contribution in [3.05, 3.63) is 82.0 Å². The topological polar surface area (TPSA) is 58.6 Å². The number of carbonyl (C=O) groups is 2. The molecule has 2 amide bonds. The normalized spacial score (nSPS) is 16.9. The van der Waals surface area contributed by atoms with Gasteiger partial charge in [-0.05, 0) is 41.5 Å². The largest absolute Gasteiger partial charge is 0.497 e. The minimum atomic E-state index is -0.512. The number of hydrogen-bond acceptors (Lipinski definition) is 3. The molecule has 1 atom stereocenters. The van der Waals surface area contributed by atoms with E-state index < -0.39 is 6.04 Å². The first-order valence-corrected chi connectivity index (χ1v) is 9.14. The number of rotatable bonds is 5. The monoisotopic (exact) mass is 426 g/mol. The van der Waals surface area contributed by atoms with E-state index in [4.69, 9.17) is 4.74 Å². The maximum Gasteiger partial charge on any atom is 0.321 e. The number of halogens is 1. The Morgan fingerprint density at radius 3 is 2.44 bits per heavy atom. The maximum atomic E-state index is 12.8. The van der Waals surface area contributed by atoms with Crippen molar-refractivity contribution in [2.24, 2.45) is 0 Å². The molecule has 1 heterocycles. The fraction of sp³-hybridized carbons (Fsp3) is 0.143. The van der Waals surface area contributed by atoms with Crippen molar-refractivity contribution in [2.75, 3.05) is 14.2 Å². The van der Waals surface area contributed by atoms with Gasteiger partial charge in [-0.15, -0.1) is 0 Å². The van der Waals surface area contributed by atoms with Gasteiger partial charge in [-0.3, -0.25) is 4.79 Å². The second kappa shape index (κ2) is 8.22. The van der Waals surface area contributed by atoms with Crippen LogP contribution < -0.4 is 10.1 Å². The molecule has 2 aromatic carbocycles. The molecule has 0 fully saturated rings. The molecular weight excluding hydrogens is 408 g/mol. The molecular formula is C21H19BrN2O3. The number of nitrogens with one attached hydrogen (secondary N) is 1. The van der Waals surface area contributed by atoms with E-state index in [2.05, 4.69) is 21.2 Å². The molecule has 0 spiro atoms. The Kier molecular flexibility index (Phi) is 5.76. The number of nitrogens with zero attached hydrogens (tertiary/aromatic N) is 1. The number of amides is 2. The van der Waals surface area contributed by atoms with Crippen LogP contribution in [-0.2, 0) is 4.79 Å². The zero-order chi connectivity index (χ0) is 19.4. The molecule has 1 aliphatic heterocycles. The second-order valence-corrected chi connectivity index (χ2v) is 7.02. The summed E-state index contributed by atoms with van der Waals surface area (Å²) in [4.78, 5) is 26.3. The van der Waals surface area contributed by atoms with E-state index in [1.807, 2.05) is 36.4 Å². The first-order valence-electron chi connectivity index (χ1n) is 8.35. The lowest BCUT2D eigenvalue weighted by molar-refractivity contribution is -0.111. The van der Waals surface area contributed by atoms with Gasteiger partial charge in [0.2, 0.25) is 0 Å². The zero-order valence-corrected chi connectivity index (χ0v) is 16.6. The fourth-order valence-corrected chi connectivity index (χ4v) is 3.02. The SMILES string of the molecule is COc1ccc(C2NC(=O)N(C)C=C2C(=O)/C=C/c2ccc(Br)cc2)cc1. The molecule has 0 saturated heterocycles. The molecule has 0 saturated carbocycles. The van der Waals surface area contributed by atoms with E-state index in [0.717, 1.165) is 15.6 Å².